The molecule has 0 saturated carbocycles. The van der Waals surface area contributed by atoms with Crippen molar-refractivity contribution in [2.24, 2.45) is 0 Å². The van der Waals surface area contributed by atoms with Gasteiger partial charge in [0.05, 0.1) is 5.02 Å². The fourth-order valence-electron chi connectivity index (χ4n) is 1.96. The summed E-state index contributed by atoms with van der Waals surface area (Å²) < 4.78 is 5.75. The van der Waals surface area contributed by atoms with Crippen LogP contribution in [-0.4, -0.2) is 4.98 Å². The summed E-state index contributed by atoms with van der Waals surface area (Å²) in [5.41, 5.74) is 0.809. The second-order valence-electron chi connectivity index (χ2n) is 4.40. The maximum atomic E-state index is 6.09. The van der Waals surface area contributed by atoms with Crippen LogP contribution in [0.5, 0.6) is 5.75 Å². The average molecular weight is 304 g/mol. The number of pyridine rings is 1. The summed E-state index contributed by atoms with van der Waals surface area (Å²) >= 11 is 11.8. The standard InChI is InChI=1S/C16H11Cl2NO/c17-15-8-16(18)19-9-13(15)10-20-14-6-5-11-3-1-2-4-12(11)7-14/h1-9H,10H2. The number of nitrogens with zero attached hydrogens (tertiary/aromatic N) is 1. The molecule has 2 aromatic carbocycles. The van der Waals surface area contributed by atoms with Gasteiger partial charge in [-0.2, -0.15) is 0 Å². The van der Waals surface area contributed by atoms with Gasteiger partial charge in [0.1, 0.15) is 17.5 Å². The van der Waals surface area contributed by atoms with Crippen LogP contribution in [0.25, 0.3) is 10.8 Å². The van der Waals surface area contributed by atoms with Crippen LogP contribution in [0.4, 0.5) is 0 Å². The molecule has 0 atom stereocenters. The summed E-state index contributed by atoms with van der Waals surface area (Å²) in [5.74, 6) is 0.801. The third kappa shape index (κ3) is 2.87. The molecule has 1 aromatic heterocycles. The van der Waals surface area contributed by atoms with Crippen LogP contribution in [0.3, 0.4) is 0 Å². The van der Waals surface area contributed by atoms with E-state index in [1.807, 2.05) is 30.3 Å². The van der Waals surface area contributed by atoms with E-state index in [1.54, 1.807) is 12.3 Å². The van der Waals surface area contributed by atoms with Crippen molar-refractivity contribution in [3.8, 4) is 5.75 Å². The van der Waals surface area contributed by atoms with E-state index in [9.17, 15) is 0 Å². The van der Waals surface area contributed by atoms with Gasteiger partial charge in [-0.15, -0.1) is 0 Å². The summed E-state index contributed by atoms with van der Waals surface area (Å²) in [4.78, 5) is 4.00. The van der Waals surface area contributed by atoms with Gasteiger partial charge in [-0.05, 0) is 29.0 Å². The Hall–Kier alpha value is -1.77. The molecule has 3 aromatic rings. The van der Waals surface area contributed by atoms with Crippen molar-refractivity contribution in [1.82, 2.24) is 4.98 Å². The Balaban J connectivity index is 1.79. The maximum absolute atomic E-state index is 6.09. The largest absolute Gasteiger partial charge is 0.489 e. The van der Waals surface area contributed by atoms with Gasteiger partial charge in [-0.3, -0.25) is 0 Å². The average Bonchev–Trinajstić information content (AvgIpc) is 2.46. The lowest BCUT2D eigenvalue weighted by atomic mass is 10.1. The van der Waals surface area contributed by atoms with E-state index in [0.717, 1.165) is 16.7 Å². The molecule has 0 radical (unpaired) electrons. The molecule has 100 valence electrons. The van der Waals surface area contributed by atoms with Crippen LogP contribution >= 0.6 is 23.2 Å². The number of ether oxygens (including phenoxy) is 1. The SMILES string of the molecule is Clc1cc(Cl)c(COc2ccc3ccccc3c2)cn1. The molecule has 0 bridgehead atoms. The van der Waals surface area contributed by atoms with Gasteiger partial charge in [0, 0.05) is 11.8 Å². The molecule has 0 spiro atoms. The van der Waals surface area contributed by atoms with Crippen molar-refractivity contribution in [3.05, 3.63) is 70.5 Å². The molecule has 0 fully saturated rings. The minimum absolute atomic E-state index is 0.362. The number of halogens is 2. The number of hydrogen-bond donors (Lipinski definition) is 0. The van der Waals surface area contributed by atoms with Crippen molar-refractivity contribution in [2.45, 2.75) is 6.61 Å². The molecule has 1 heterocycles. The predicted octanol–water partition coefficient (Wildman–Crippen LogP) is 5.12. The lowest BCUT2D eigenvalue weighted by Gasteiger charge is -2.08. The Morgan fingerprint density at radius 2 is 1.75 bits per heavy atom. The number of fused-ring (bicyclic) bond motifs is 1. The first kappa shape index (κ1) is 13.2. The van der Waals surface area contributed by atoms with Crippen LogP contribution < -0.4 is 4.74 Å². The number of aromatic nitrogens is 1. The lowest BCUT2D eigenvalue weighted by molar-refractivity contribution is 0.306. The van der Waals surface area contributed by atoms with Crippen LogP contribution in [0, 0.1) is 0 Å². The molecule has 3 rings (SSSR count). The Morgan fingerprint density at radius 3 is 2.55 bits per heavy atom. The van der Waals surface area contributed by atoms with E-state index in [-0.39, 0.29) is 0 Å². The first-order valence-electron chi connectivity index (χ1n) is 6.14. The van der Waals surface area contributed by atoms with Crippen molar-refractivity contribution in [3.63, 3.8) is 0 Å². The van der Waals surface area contributed by atoms with Crippen molar-refractivity contribution in [2.75, 3.05) is 0 Å². The van der Waals surface area contributed by atoms with Gasteiger partial charge >= 0.3 is 0 Å². The summed E-state index contributed by atoms with van der Waals surface area (Å²) in [5, 5.41) is 3.27. The smallest absolute Gasteiger partial charge is 0.130 e. The molecule has 2 nitrogen and oxygen atoms in total. The molecule has 0 saturated heterocycles. The van der Waals surface area contributed by atoms with Gasteiger partial charge in [-0.25, -0.2) is 4.98 Å². The van der Waals surface area contributed by atoms with Crippen LogP contribution in [0.15, 0.2) is 54.7 Å². The van der Waals surface area contributed by atoms with E-state index in [2.05, 4.69) is 17.1 Å². The first-order valence-corrected chi connectivity index (χ1v) is 6.89. The summed E-state index contributed by atoms with van der Waals surface area (Å²) in [7, 11) is 0. The molecule has 0 aliphatic rings. The zero-order chi connectivity index (χ0) is 13.9. The molecule has 0 unspecified atom stereocenters. The Morgan fingerprint density at radius 1 is 0.950 bits per heavy atom. The van der Waals surface area contributed by atoms with Gasteiger partial charge in [0.15, 0.2) is 0 Å². The number of rotatable bonds is 3. The van der Waals surface area contributed by atoms with E-state index >= 15 is 0 Å². The second-order valence-corrected chi connectivity index (χ2v) is 5.19. The van der Waals surface area contributed by atoms with Crippen molar-refractivity contribution in [1.29, 1.82) is 0 Å². The minimum Gasteiger partial charge on any atom is -0.489 e. The molecule has 0 aliphatic heterocycles. The fraction of sp³-hybridized carbons (Fsp3) is 0.0625. The number of hydrogen-bond acceptors (Lipinski definition) is 2. The number of benzene rings is 2. The molecule has 4 heteroatoms. The van der Waals surface area contributed by atoms with Crippen molar-refractivity contribution < 1.29 is 4.74 Å². The zero-order valence-electron chi connectivity index (χ0n) is 10.5. The second kappa shape index (κ2) is 5.70. The molecular formula is C16H11Cl2NO. The van der Waals surface area contributed by atoms with Gasteiger partial charge < -0.3 is 4.74 Å². The van der Waals surface area contributed by atoms with Gasteiger partial charge in [0.25, 0.3) is 0 Å². The minimum atomic E-state index is 0.362. The van der Waals surface area contributed by atoms with E-state index in [4.69, 9.17) is 27.9 Å². The molecule has 20 heavy (non-hydrogen) atoms. The van der Waals surface area contributed by atoms with Gasteiger partial charge in [0.2, 0.25) is 0 Å². The van der Waals surface area contributed by atoms with Crippen LogP contribution in [-0.2, 0) is 6.61 Å². The zero-order valence-corrected chi connectivity index (χ0v) is 12.0. The maximum Gasteiger partial charge on any atom is 0.130 e. The Bertz CT molecular complexity index is 758. The quantitative estimate of drug-likeness (QED) is 0.626. The molecule has 0 aliphatic carbocycles. The lowest BCUT2D eigenvalue weighted by Crippen LogP contribution is -1.97. The van der Waals surface area contributed by atoms with E-state index in [1.165, 1.54) is 5.39 Å². The third-order valence-electron chi connectivity index (χ3n) is 3.01. The summed E-state index contributed by atoms with van der Waals surface area (Å²) in [6.07, 6.45) is 1.63. The highest BCUT2D eigenvalue weighted by Crippen LogP contribution is 2.23. The topological polar surface area (TPSA) is 22.1 Å². The summed E-state index contributed by atoms with van der Waals surface area (Å²) in [6.45, 7) is 0.362. The highest BCUT2D eigenvalue weighted by atomic mass is 35.5. The normalized spacial score (nSPS) is 10.7. The van der Waals surface area contributed by atoms with E-state index < -0.39 is 0 Å². The fourth-order valence-corrected chi connectivity index (χ4v) is 2.38. The predicted molar refractivity (Wildman–Crippen MR) is 82.5 cm³/mol. The Labute approximate surface area is 126 Å². The third-order valence-corrected chi connectivity index (χ3v) is 3.57. The van der Waals surface area contributed by atoms with Crippen LogP contribution in [0.1, 0.15) is 5.56 Å². The highest BCUT2D eigenvalue weighted by Gasteiger charge is 2.04. The molecule has 0 amide bonds. The Kier molecular flexibility index (Phi) is 3.77. The molecule has 0 N–H and O–H groups in total. The first-order chi connectivity index (χ1) is 9.72. The highest BCUT2D eigenvalue weighted by molar-refractivity contribution is 6.34. The molecular weight excluding hydrogens is 293 g/mol. The van der Waals surface area contributed by atoms with Crippen molar-refractivity contribution >= 4 is 34.0 Å². The van der Waals surface area contributed by atoms with E-state index in [0.29, 0.717) is 16.8 Å². The monoisotopic (exact) mass is 303 g/mol. The summed E-state index contributed by atoms with van der Waals surface area (Å²) in [6, 6.07) is 15.7. The van der Waals surface area contributed by atoms with Gasteiger partial charge in [-0.1, -0.05) is 53.5 Å². The van der Waals surface area contributed by atoms with Crippen LogP contribution in [0.2, 0.25) is 10.2 Å².